The number of hydrogen-bond acceptors (Lipinski definition) is 3. The molecular formula is C15H18F3NO2. The Balaban J connectivity index is 2.40. The number of alkyl halides is 3. The first-order valence-electron chi connectivity index (χ1n) is 6.87. The molecule has 1 unspecified atom stereocenters. The maximum absolute atomic E-state index is 12.6. The third-order valence-electron chi connectivity index (χ3n) is 3.71. The molecule has 0 saturated carbocycles. The fourth-order valence-corrected chi connectivity index (χ4v) is 2.74. The van der Waals surface area contributed by atoms with Crippen molar-refractivity contribution in [3.63, 3.8) is 0 Å². The Kier molecular flexibility index (Phi) is 4.27. The smallest absolute Gasteiger partial charge is 0.401 e. The second-order valence-corrected chi connectivity index (χ2v) is 5.26. The summed E-state index contributed by atoms with van der Waals surface area (Å²) in [7, 11) is 0. The highest BCUT2D eigenvalue weighted by Gasteiger charge is 2.48. The van der Waals surface area contributed by atoms with E-state index in [9.17, 15) is 18.0 Å². The Morgan fingerprint density at radius 3 is 2.76 bits per heavy atom. The first-order chi connectivity index (χ1) is 9.78. The molecule has 1 aliphatic rings. The van der Waals surface area contributed by atoms with Gasteiger partial charge < -0.3 is 4.74 Å². The van der Waals surface area contributed by atoms with Crippen molar-refractivity contribution in [2.45, 2.75) is 38.4 Å². The van der Waals surface area contributed by atoms with Crippen LogP contribution >= 0.6 is 0 Å². The van der Waals surface area contributed by atoms with Crippen molar-refractivity contribution in [2.24, 2.45) is 0 Å². The quantitative estimate of drug-likeness (QED) is 0.869. The van der Waals surface area contributed by atoms with E-state index in [0.29, 0.717) is 12.0 Å². The minimum absolute atomic E-state index is 0.134. The van der Waals surface area contributed by atoms with E-state index in [0.717, 1.165) is 11.1 Å². The van der Waals surface area contributed by atoms with Crippen molar-refractivity contribution >= 4 is 5.97 Å². The van der Waals surface area contributed by atoms with Crippen LogP contribution in [0.1, 0.15) is 30.0 Å². The monoisotopic (exact) mass is 301 g/mol. The number of fused-ring (bicyclic) bond motifs is 1. The van der Waals surface area contributed by atoms with Crippen molar-refractivity contribution in [3.05, 3.63) is 34.9 Å². The van der Waals surface area contributed by atoms with E-state index in [1.807, 2.05) is 19.1 Å². The fourth-order valence-electron chi connectivity index (χ4n) is 2.74. The summed E-state index contributed by atoms with van der Waals surface area (Å²) in [5.74, 6) is -0.640. The largest absolute Gasteiger partial charge is 0.464 e. The molecule has 0 radical (unpaired) electrons. The summed E-state index contributed by atoms with van der Waals surface area (Å²) in [4.78, 5) is 12.3. The first-order valence-corrected chi connectivity index (χ1v) is 6.87. The van der Waals surface area contributed by atoms with Crippen molar-refractivity contribution < 1.29 is 22.7 Å². The van der Waals surface area contributed by atoms with E-state index in [4.69, 9.17) is 4.74 Å². The van der Waals surface area contributed by atoms with E-state index in [2.05, 4.69) is 5.32 Å². The van der Waals surface area contributed by atoms with Gasteiger partial charge in [0.1, 0.15) is 5.54 Å². The zero-order valence-electron chi connectivity index (χ0n) is 12.0. The highest BCUT2D eigenvalue weighted by molar-refractivity contribution is 5.84. The molecular weight excluding hydrogens is 283 g/mol. The number of benzene rings is 1. The minimum Gasteiger partial charge on any atom is -0.464 e. The zero-order valence-corrected chi connectivity index (χ0v) is 12.0. The molecule has 0 bridgehead atoms. The Bertz CT molecular complexity index is 542. The number of carbonyl (C=O) groups excluding carboxylic acids is 1. The van der Waals surface area contributed by atoms with Gasteiger partial charge in [0.2, 0.25) is 0 Å². The summed E-state index contributed by atoms with van der Waals surface area (Å²) in [6, 6.07) is 5.52. The average molecular weight is 301 g/mol. The van der Waals surface area contributed by atoms with Crippen molar-refractivity contribution in [1.29, 1.82) is 0 Å². The summed E-state index contributed by atoms with van der Waals surface area (Å²) < 4.78 is 42.7. The van der Waals surface area contributed by atoms with Crippen LogP contribution in [-0.4, -0.2) is 25.3 Å². The van der Waals surface area contributed by atoms with Gasteiger partial charge in [0.05, 0.1) is 13.2 Å². The second-order valence-electron chi connectivity index (χ2n) is 5.26. The van der Waals surface area contributed by atoms with Gasteiger partial charge in [-0.15, -0.1) is 0 Å². The molecule has 0 aliphatic heterocycles. The van der Waals surface area contributed by atoms with Gasteiger partial charge in [0, 0.05) is 0 Å². The van der Waals surface area contributed by atoms with Crippen LogP contribution in [0.2, 0.25) is 0 Å². The zero-order chi connectivity index (χ0) is 15.7. The number of aryl methyl sites for hydroxylation is 2. The number of halogens is 3. The Hall–Kier alpha value is -1.56. The molecule has 21 heavy (non-hydrogen) atoms. The van der Waals surface area contributed by atoms with Crippen LogP contribution in [0.5, 0.6) is 0 Å². The molecule has 1 aromatic carbocycles. The number of esters is 1. The average Bonchev–Trinajstić information content (AvgIpc) is 2.75. The second kappa shape index (κ2) is 5.67. The molecule has 1 N–H and O–H groups in total. The molecule has 0 fully saturated rings. The van der Waals surface area contributed by atoms with Crippen LogP contribution in [0.25, 0.3) is 0 Å². The van der Waals surface area contributed by atoms with E-state index in [1.54, 1.807) is 13.0 Å². The van der Waals surface area contributed by atoms with Gasteiger partial charge in [0.25, 0.3) is 0 Å². The lowest BCUT2D eigenvalue weighted by molar-refractivity contribution is -0.156. The maximum atomic E-state index is 12.6. The normalized spacial score (nSPS) is 21.2. The summed E-state index contributed by atoms with van der Waals surface area (Å²) in [5, 5.41) is 2.40. The van der Waals surface area contributed by atoms with Gasteiger partial charge in [0.15, 0.2) is 0 Å². The third kappa shape index (κ3) is 3.20. The van der Waals surface area contributed by atoms with Crippen LogP contribution in [-0.2, 0) is 21.5 Å². The Labute approximate surface area is 121 Å². The van der Waals surface area contributed by atoms with Crippen LogP contribution in [0.4, 0.5) is 13.2 Å². The maximum Gasteiger partial charge on any atom is 0.401 e. The topological polar surface area (TPSA) is 38.3 Å². The highest BCUT2D eigenvalue weighted by atomic mass is 19.4. The molecule has 6 heteroatoms. The lowest BCUT2D eigenvalue weighted by atomic mass is 9.90. The standard InChI is InChI=1S/C15H18F3NO2/c1-3-21-13(20)14(19-9-15(16,17)18)7-6-11-5-4-10(2)8-12(11)14/h4-5,8,19H,3,6-7,9H2,1-2H3. The molecule has 116 valence electrons. The molecule has 0 aromatic heterocycles. The SMILES string of the molecule is CCOC(=O)C1(NCC(F)(F)F)CCc2ccc(C)cc21. The first kappa shape index (κ1) is 15.8. The van der Waals surface area contributed by atoms with E-state index in [1.165, 1.54) is 0 Å². The van der Waals surface area contributed by atoms with Gasteiger partial charge in [-0.25, -0.2) is 4.79 Å². The summed E-state index contributed by atoms with van der Waals surface area (Å²) in [6.07, 6.45) is -3.55. The molecule has 0 spiro atoms. The lowest BCUT2D eigenvalue weighted by Crippen LogP contribution is -2.51. The number of ether oxygens (including phenoxy) is 1. The third-order valence-corrected chi connectivity index (χ3v) is 3.71. The molecule has 1 aromatic rings. The predicted molar refractivity (Wildman–Crippen MR) is 71.9 cm³/mol. The number of carbonyl (C=O) groups is 1. The van der Waals surface area contributed by atoms with Crippen LogP contribution in [0, 0.1) is 6.92 Å². The number of hydrogen-bond donors (Lipinski definition) is 1. The van der Waals surface area contributed by atoms with Gasteiger partial charge in [-0.05, 0) is 37.8 Å². The van der Waals surface area contributed by atoms with Crippen LogP contribution < -0.4 is 5.32 Å². The summed E-state index contributed by atoms with van der Waals surface area (Å²) in [5.41, 5.74) is 0.999. The molecule has 0 saturated heterocycles. The number of rotatable bonds is 4. The minimum atomic E-state index is -4.38. The predicted octanol–water partition coefficient (Wildman–Crippen LogP) is 2.85. The van der Waals surface area contributed by atoms with E-state index in [-0.39, 0.29) is 13.0 Å². The lowest BCUT2D eigenvalue weighted by Gasteiger charge is -2.30. The fraction of sp³-hybridized carbons (Fsp3) is 0.533. The number of nitrogens with one attached hydrogen (secondary N) is 1. The van der Waals surface area contributed by atoms with Crippen LogP contribution in [0.3, 0.4) is 0 Å². The van der Waals surface area contributed by atoms with Gasteiger partial charge >= 0.3 is 12.1 Å². The summed E-state index contributed by atoms with van der Waals surface area (Å²) >= 11 is 0. The molecule has 1 aliphatic carbocycles. The molecule has 0 heterocycles. The highest BCUT2D eigenvalue weighted by Crippen LogP contribution is 2.39. The van der Waals surface area contributed by atoms with Gasteiger partial charge in [-0.3, -0.25) is 5.32 Å². The van der Waals surface area contributed by atoms with Crippen molar-refractivity contribution in [2.75, 3.05) is 13.2 Å². The molecule has 3 nitrogen and oxygen atoms in total. The Morgan fingerprint density at radius 2 is 2.14 bits per heavy atom. The van der Waals surface area contributed by atoms with Crippen molar-refractivity contribution in [3.8, 4) is 0 Å². The van der Waals surface area contributed by atoms with E-state index < -0.39 is 24.2 Å². The summed E-state index contributed by atoms with van der Waals surface area (Å²) in [6.45, 7) is 2.40. The van der Waals surface area contributed by atoms with Gasteiger partial charge in [-0.2, -0.15) is 13.2 Å². The molecule has 2 rings (SSSR count). The Morgan fingerprint density at radius 1 is 1.43 bits per heavy atom. The molecule has 0 amide bonds. The molecule has 1 atom stereocenters. The van der Waals surface area contributed by atoms with E-state index >= 15 is 0 Å². The van der Waals surface area contributed by atoms with Crippen molar-refractivity contribution in [1.82, 2.24) is 5.32 Å². The van der Waals surface area contributed by atoms with Crippen LogP contribution in [0.15, 0.2) is 18.2 Å². The van der Waals surface area contributed by atoms with Gasteiger partial charge in [-0.1, -0.05) is 23.8 Å².